The van der Waals surface area contributed by atoms with E-state index in [2.05, 4.69) is 46.6 Å². The van der Waals surface area contributed by atoms with Crippen molar-refractivity contribution >= 4 is 0 Å². The van der Waals surface area contributed by atoms with Crippen molar-refractivity contribution in [1.82, 2.24) is 4.90 Å². The van der Waals surface area contributed by atoms with Gasteiger partial charge in [0.2, 0.25) is 0 Å². The molecule has 4 atom stereocenters. The molecule has 1 rings (SSSR count). The molecular weight excluding hydrogens is 210 g/mol. The van der Waals surface area contributed by atoms with Crippen LogP contribution in [-0.4, -0.2) is 35.2 Å². The molecule has 17 heavy (non-hydrogen) atoms. The molecule has 0 heterocycles. The van der Waals surface area contributed by atoms with Gasteiger partial charge in [-0.25, -0.2) is 0 Å². The quantitative estimate of drug-likeness (QED) is 0.817. The van der Waals surface area contributed by atoms with Gasteiger partial charge in [-0.2, -0.15) is 0 Å². The van der Waals surface area contributed by atoms with Gasteiger partial charge >= 0.3 is 0 Å². The van der Waals surface area contributed by atoms with Crippen LogP contribution in [0.2, 0.25) is 0 Å². The minimum absolute atomic E-state index is 0.129. The number of nitrogens with zero attached hydrogens (tertiary/aromatic N) is 1. The van der Waals surface area contributed by atoms with E-state index in [9.17, 15) is 5.11 Å². The van der Waals surface area contributed by atoms with Gasteiger partial charge in [0, 0.05) is 12.1 Å². The molecule has 1 aliphatic carbocycles. The molecule has 1 saturated carbocycles. The van der Waals surface area contributed by atoms with E-state index in [4.69, 9.17) is 0 Å². The largest absolute Gasteiger partial charge is 0.391 e. The van der Waals surface area contributed by atoms with Crippen LogP contribution >= 0.6 is 0 Å². The van der Waals surface area contributed by atoms with Crippen molar-refractivity contribution in [3.05, 3.63) is 0 Å². The molecule has 2 nitrogen and oxygen atoms in total. The summed E-state index contributed by atoms with van der Waals surface area (Å²) in [5.74, 6) is 2.17. The first-order chi connectivity index (χ1) is 7.84. The van der Waals surface area contributed by atoms with Gasteiger partial charge in [0.05, 0.1) is 6.10 Å². The van der Waals surface area contributed by atoms with Crippen LogP contribution in [0.4, 0.5) is 0 Å². The highest BCUT2D eigenvalue weighted by Crippen LogP contribution is 2.33. The predicted octanol–water partition coefficient (Wildman–Crippen LogP) is 3.15. The number of rotatable bonds is 4. The molecule has 1 N–H and O–H groups in total. The fraction of sp³-hybridized carbons (Fsp3) is 1.00. The SMILES string of the molecule is CC(C)C1CCC(O)C(N(C)C(C)C(C)C)C1. The Morgan fingerprint density at radius 3 is 2.12 bits per heavy atom. The van der Waals surface area contributed by atoms with Crippen LogP contribution in [0.25, 0.3) is 0 Å². The topological polar surface area (TPSA) is 23.5 Å². The van der Waals surface area contributed by atoms with E-state index in [1.54, 1.807) is 0 Å². The van der Waals surface area contributed by atoms with E-state index in [1.165, 1.54) is 6.42 Å². The molecule has 1 aliphatic rings. The maximum Gasteiger partial charge on any atom is 0.0695 e. The van der Waals surface area contributed by atoms with E-state index in [0.717, 1.165) is 24.7 Å². The van der Waals surface area contributed by atoms with Gasteiger partial charge in [-0.05, 0) is 51.0 Å². The number of hydrogen-bond acceptors (Lipinski definition) is 2. The Morgan fingerprint density at radius 2 is 1.65 bits per heavy atom. The third-order valence-corrected chi connectivity index (χ3v) is 4.89. The second-order valence-electron chi connectivity index (χ2n) is 6.60. The first-order valence-electron chi connectivity index (χ1n) is 7.24. The molecule has 0 saturated heterocycles. The molecule has 0 radical (unpaired) electrons. The number of aliphatic hydroxyl groups excluding tert-OH is 1. The van der Waals surface area contributed by atoms with E-state index in [1.807, 2.05) is 0 Å². The lowest BCUT2D eigenvalue weighted by Crippen LogP contribution is -2.50. The molecule has 0 bridgehead atoms. The van der Waals surface area contributed by atoms with Crippen LogP contribution in [0.5, 0.6) is 0 Å². The molecule has 102 valence electrons. The Labute approximate surface area is 107 Å². The lowest BCUT2D eigenvalue weighted by atomic mass is 9.77. The second-order valence-corrected chi connectivity index (χ2v) is 6.60. The van der Waals surface area contributed by atoms with E-state index < -0.39 is 0 Å². The summed E-state index contributed by atoms with van der Waals surface area (Å²) >= 11 is 0. The van der Waals surface area contributed by atoms with Gasteiger partial charge < -0.3 is 5.11 Å². The average molecular weight is 241 g/mol. The Hall–Kier alpha value is -0.0800. The number of likely N-dealkylation sites (N-methyl/N-ethyl adjacent to an activating group) is 1. The smallest absolute Gasteiger partial charge is 0.0695 e. The second kappa shape index (κ2) is 6.19. The Balaban J connectivity index is 2.66. The summed E-state index contributed by atoms with van der Waals surface area (Å²) in [6.45, 7) is 11.4. The van der Waals surface area contributed by atoms with Gasteiger partial charge in [-0.1, -0.05) is 27.7 Å². The van der Waals surface area contributed by atoms with Crippen molar-refractivity contribution in [2.45, 2.75) is 72.1 Å². The molecule has 0 spiro atoms. The van der Waals surface area contributed by atoms with Crippen LogP contribution in [0, 0.1) is 17.8 Å². The summed E-state index contributed by atoms with van der Waals surface area (Å²) in [6.07, 6.45) is 3.20. The van der Waals surface area contributed by atoms with Gasteiger partial charge in [-0.15, -0.1) is 0 Å². The highest BCUT2D eigenvalue weighted by molar-refractivity contribution is 4.88. The third kappa shape index (κ3) is 3.69. The maximum absolute atomic E-state index is 10.2. The fourth-order valence-electron chi connectivity index (χ4n) is 2.98. The van der Waals surface area contributed by atoms with Crippen LogP contribution in [0.15, 0.2) is 0 Å². The molecule has 2 heteroatoms. The van der Waals surface area contributed by atoms with Crippen molar-refractivity contribution in [3.63, 3.8) is 0 Å². The molecule has 0 aromatic rings. The van der Waals surface area contributed by atoms with E-state index in [-0.39, 0.29) is 6.10 Å². The van der Waals surface area contributed by atoms with Gasteiger partial charge in [-0.3, -0.25) is 4.90 Å². The number of hydrogen-bond donors (Lipinski definition) is 1. The molecule has 1 fully saturated rings. The summed E-state index contributed by atoms with van der Waals surface area (Å²) in [7, 11) is 2.18. The summed E-state index contributed by atoms with van der Waals surface area (Å²) in [6, 6.07) is 0.897. The maximum atomic E-state index is 10.2. The molecule has 0 amide bonds. The highest BCUT2D eigenvalue weighted by Gasteiger charge is 2.34. The summed E-state index contributed by atoms with van der Waals surface area (Å²) in [4.78, 5) is 2.41. The molecule has 0 aromatic carbocycles. The van der Waals surface area contributed by atoms with E-state index >= 15 is 0 Å². The molecule has 0 aliphatic heterocycles. The highest BCUT2D eigenvalue weighted by atomic mass is 16.3. The lowest BCUT2D eigenvalue weighted by Gasteiger charge is -2.43. The molecule has 0 aromatic heterocycles. The zero-order chi connectivity index (χ0) is 13.2. The van der Waals surface area contributed by atoms with Crippen LogP contribution in [-0.2, 0) is 0 Å². The number of aliphatic hydroxyl groups is 1. The van der Waals surface area contributed by atoms with Crippen LogP contribution < -0.4 is 0 Å². The first kappa shape index (κ1) is 15.0. The monoisotopic (exact) mass is 241 g/mol. The van der Waals surface area contributed by atoms with Crippen LogP contribution in [0.1, 0.15) is 53.9 Å². The summed E-state index contributed by atoms with van der Waals surface area (Å²) in [5.41, 5.74) is 0. The minimum Gasteiger partial charge on any atom is -0.391 e. The fourth-order valence-corrected chi connectivity index (χ4v) is 2.98. The third-order valence-electron chi connectivity index (χ3n) is 4.89. The zero-order valence-corrected chi connectivity index (χ0v) is 12.5. The molecular formula is C15H31NO. The standard InChI is InChI=1S/C15H31NO/c1-10(2)12(5)16(6)14-9-13(11(3)4)7-8-15(14)17/h10-15,17H,7-9H2,1-6H3. The van der Waals surface area contributed by atoms with Gasteiger partial charge in [0.1, 0.15) is 0 Å². The van der Waals surface area contributed by atoms with Crippen LogP contribution in [0.3, 0.4) is 0 Å². The van der Waals surface area contributed by atoms with Crippen molar-refractivity contribution in [2.75, 3.05) is 7.05 Å². The van der Waals surface area contributed by atoms with Gasteiger partial charge in [0.15, 0.2) is 0 Å². The zero-order valence-electron chi connectivity index (χ0n) is 12.5. The van der Waals surface area contributed by atoms with Gasteiger partial charge in [0.25, 0.3) is 0 Å². The minimum atomic E-state index is -0.129. The van der Waals surface area contributed by atoms with E-state index in [0.29, 0.717) is 18.0 Å². The Morgan fingerprint density at radius 1 is 1.06 bits per heavy atom. The van der Waals surface area contributed by atoms with Crippen molar-refractivity contribution in [1.29, 1.82) is 0 Å². The van der Waals surface area contributed by atoms with Crippen molar-refractivity contribution in [2.24, 2.45) is 17.8 Å². The Kier molecular flexibility index (Phi) is 5.46. The first-order valence-corrected chi connectivity index (χ1v) is 7.24. The normalized spacial score (nSPS) is 32.5. The summed E-state index contributed by atoms with van der Waals surface area (Å²) in [5, 5.41) is 10.2. The summed E-state index contributed by atoms with van der Waals surface area (Å²) < 4.78 is 0. The molecule has 4 unspecified atom stereocenters. The van der Waals surface area contributed by atoms with Crippen molar-refractivity contribution < 1.29 is 5.11 Å². The average Bonchev–Trinajstić information content (AvgIpc) is 2.27. The lowest BCUT2D eigenvalue weighted by molar-refractivity contribution is -0.0149. The predicted molar refractivity (Wildman–Crippen MR) is 74.0 cm³/mol. The van der Waals surface area contributed by atoms with Crippen molar-refractivity contribution in [3.8, 4) is 0 Å². The Bertz CT molecular complexity index is 221.